The Morgan fingerprint density at radius 1 is 1.15 bits per heavy atom. The minimum Gasteiger partial charge on any atom is -0.444 e. The maximum atomic E-state index is 14.9. The van der Waals surface area contributed by atoms with Crippen LogP contribution in [0.4, 0.5) is 31.1 Å². The van der Waals surface area contributed by atoms with E-state index in [1.807, 2.05) is 0 Å². The Kier molecular flexibility index (Phi) is 5.25. The van der Waals surface area contributed by atoms with E-state index in [2.05, 4.69) is 5.16 Å². The van der Waals surface area contributed by atoms with Gasteiger partial charge in [-0.25, -0.2) is 18.0 Å². The first kappa shape index (κ1) is 23.4. The lowest BCUT2D eigenvalue weighted by Gasteiger charge is -2.33. The Hall–Kier alpha value is -2.72. The van der Waals surface area contributed by atoms with Crippen LogP contribution in [-0.2, 0) is 10.9 Å². The number of piperidine rings is 1. The summed E-state index contributed by atoms with van der Waals surface area (Å²) >= 11 is 0. The number of ether oxygens (including phenoxy) is 1. The Bertz CT molecular complexity index is 1060. The molecule has 1 aromatic heterocycles. The molecular weight excluding hydrogens is 454 g/mol. The Morgan fingerprint density at radius 3 is 2.36 bits per heavy atom. The highest BCUT2D eigenvalue weighted by atomic mass is 19.4. The summed E-state index contributed by atoms with van der Waals surface area (Å²) in [6.45, 7) is 5.22. The minimum atomic E-state index is -4.87. The van der Waals surface area contributed by atoms with Crippen molar-refractivity contribution in [3.8, 4) is 11.3 Å². The van der Waals surface area contributed by atoms with Gasteiger partial charge in [-0.1, -0.05) is 5.16 Å². The van der Waals surface area contributed by atoms with Crippen molar-refractivity contribution >= 4 is 6.09 Å². The third kappa shape index (κ3) is 4.06. The van der Waals surface area contributed by atoms with E-state index in [9.17, 15) is 31.1 Å². The van der Waals surface area contributed by atoms with E-state index < -0.39 is 52.1 Å². The molecule has 1 saturated heterocycles. The summed E-state index contributed by atoms with van der Waals surface area (Å²) in [6.07, 6.45) is -5.49. The second kappa shape index (κ2) is 7.39. The van der Waals surface area contributed by atoms with Crippen molar-refractivity contribution in [1.29, 1.82) is 0 Å². The van der Waals surface area contributed by atoms with E-state index in [-0.39, 0.29) is 37.4 Å². The predicted octanol–water partition coefficient (Wildman–Crippen LogP) is 6.25. The van der Waals surface area contributed by atoms with Gasteiger partial charge in [0.25, 0.3) is 5.92 Å². The molecule has 1 aliphatic carbocycles. The molecule has 1 unspecified atom stereocenters. The topological polar surface area (TPSA) is 55.6 Å². The van der Waals surface area contributed by atoms with Gasteiger partial charge in [0.2, 0.25) is 0 Å². The normalized spacial score (nSPS) is 21.8. The maximum absolute atomic E-state index is 14.9. The summed E-state index contributed by atoms with van der Waals surface area (Å²) in [6, 6.07) is 3.07. The number of benzene rings is 1. The zero-order valence-corrected chi connectivity index (χ0v) is 18.1. The molecule has 4 rings (SSSR count). The lowest BCUT2D eigenvalue weighted by atomic mass is 9.89. The van der Waals surface area contributed by atoms with Crippen LogP contribution in [0.3, 0.4) is 0 Å². The van der Waals surface area contributed by atoms with Gasteiger partial charge in [-0.05, 0) is 51.8 Å². The highest BCUT2D eigenvalue weighted by Gasteiger charge is 2.81. The van der Waals surface area contributed by atoms with Crippen LogP contribution in [0.2, 0.25) is 0 Å². The zero-order valence-electron chi connectivity index (χ0n) is 18.1. The van der Waals surface area contributed by atoms with Crippen LogP contribution < -0.4 is 0 Å². The summed E-state index contributed by atoms with van der Waals surface area (Å²) in [5.74, 6) is -5.97. The number of rotatable bonds is 2. The summed E-state index contributed by atoms with van der Waals surface area (Å²) in [4.78, 5) is 13.6. The molecule has 1 atom stereocenters. The van der Waals surface area contributed by atoms with Gasteiger partial charge >= 0.3 is 12.3 Å². The third-order valence-corrected chi connectivity index (χ3v) is 6.18. The Balaban J connectivity index is 1.54. The number of amides is 1. The molecule has 1 spiro atoms. The van der Waals surface area contributed by atoms with E-state index >= 15 is 0 Å². The SMILES string of the molecule is CC(C)(C)OC(=O)N1CCC2(CC1)C(c1cc(-c3ccc(F)cc3C(F)(F)F)on1)C2(F)F. The largest absolute Gasteiger partial charge is 0.444 e. The number of hydrogen-bond acceptors (Lipinski definition) is 4. The third-order valence-electron chi connectivity index (χ3n) is 6.18. The van der Waals surface area contributed by atoms with Crippen molar-refractivity contribution in [3.63, 3.8) is 0 Å². The Morgan fingerprint density at radius 2 is 1.79 bits per heavy atom. The van der Waals surface area contributed by atoms with Crippen molar-refractivity contribution in [3.05, 3.63) is 41.3 Å². The van der Waals surface area contributed by atoms with E-state index in [0.29, 0.717) is 6.07 Å². The summed E-state index contributed by atoms with van der Waals surface area (Å²) in [5.41, 5.74) is -4.12. The van der Waals surface area contributed by atoms with Crippen LogP contribution >= 0.6 is 0 Å². The number of alkyl halides is 5. The second-order valence-electron chi connectivity index (χ2n) is 9.48. The molecular formula is C22H22F6N2O3. The van der Waals surface area contributed by atoms with E-state index in [0.717, 1.165) is 18.2 Å². The van der Waals surface area contributed by atoms with Crippen molar-refractivity contribution < 1.29 is 40.4 Å². The molecule has 0 bridgehead atoms. The monoisotopic (exact) mass is 476 g/mol. The lowest BCUT2D eigenvalue weighted by molar-refractivity contribution is -0.137. The number of carbonyl (C=O) groups is 1. The molecule has 1 aliphatic heterocycles. The molecule has 1 saturated carbocycles. The van der Waals surface area contributed by atoms with Crippen LogP contribution in [0, 0.1) is 11.2 Å². The number of hydrogen-bond donors (Lipinski definition) is 0. The fourth-order valence-electron chi connectivity index (χ4n) is 4.53. The van der Waals surface area contributed by atoms with Gasteiger partial charge in [0.1, 0.15) is 11.4 Å². The van der Waals surface area contributed by atoms with Crippen LogP contribution in [0.25, 0.3) is 11.3 Å². The molecule has 180 valence electrons. The van der Waals surface area contributed by atoms with Crippen LogP contribution in [-0.4, -0.2) is 40.8 Å². The molecule has 2 aliphatic rings. The standard InChI is InChI=1S/C22H22F6N2O3/c1-19(2,3)32-18(31)30-8-6-20(7-9-30)17(21(20,24)25)15-11-16(33-29-15)13-5-4-12(23)10-14(13)22(26,27)28/h4-5,10-11,17H,6-9H2,1-3H3. The van der Waals surface area contributed by atoms with Gasteiger partial charge in [-0.15, -0.1) is 0 Å². The Labute approximate surface area is 185 Å². The van der Waals surface area contributed by atoms with Gasteiger partial charge in [-0.3, -0.25) is 0 Å². The smallest absolute Gasteiger partial charge is 0.417 e. The molecule has 33 heavy (non-hydrogen) atoms. The number of nitrogens with zero attached hydrogens (tertiary/aromatic N) is 2. The molecule has 5 nitrogen and oxygen atoms in total. The number of carbonyl (C=O) groups excluding carboxylic acids is 1. The molecule has 11 heteroatoms. The maximum Gasteiger partial charge on any atom is 0.417 e. The fraction of sp³-hybridized carbons (Fsp3) is 0.545. The van der Waals surface area contributed by atoms with Crippen molar-refractivity contribution in [1.82, 2.24) is 10.1 Å². The number of likely N-dealkylation sites (tertiary alicyclic amines) is 1. The van der Waals surface area contributed by atoms with Crippen LogP contribution in [0.15, 0.2) is 28.8 Å². The van der Waals surface area contributed by atoms with Crippen molar-refractivity contribution in [2.45, 2.75) is 57.2 Å². The molecule has 2 heterocycles. The quantitative estimate of drug-likeness (QED) is 0.481. The predicted molar refractivity (Wildman–Crippen MR) is 104 cm³/mol. The molecule has 0 N–H and O–H groups in total. The number of halogens is 6. The molecule has 2 fully saturated rings. The first-order chi connectivity index (χ1) is 15.2. The number of aromatic nitrogens is 1. The van der Waals surface area contributed by atoms with Gasteiger partial charge < -0.3 is 14.2 Å². The van der Waals surface area contributed by atoms with E-state index in [1.54, 1.807) is 20.8 Å². The first-order valence-electron chi connectivity index (χ1n) is 10.4. The highest BCUT2D eigenvalue weighted by molar-refractivity contribution is 5.68. The molecule has 2 aromatic rings. The molecule has 1 amide bonds. The minimum absolute atomic E-state index is 0.0174. The van der Waals surface area contributed by atoms with E-state index in [1.165, 1.54) is 4.90 Å². The highest BCUT2D eigenvalue weighted by Crippen LogP contribution is 2.75. The molecule has 1 aromatic carbocycles. The van der Waals surface area contributed by atoms with Crippen LogP contribution in [0.1, 0.15) is 50.8 Å². The van der Waals surface area contributed by atoms with E-state index in [4.69, 9.17) is 9.26 Å². The molecule has 0 radical (unpaired) electrons. The summed E-state index contributed by atoms with van der Waals surface area (Å²) in [5, 5.41) is 3.63. The average Bonchev–Trinajstić information content (AvgIpc) is 2.99. The van der Waals surface area contributed by atoms with Gasteiger partial charge in [0.05, 0.1) is 22.6 Å². The average molecular weight is 476 g/mol. The summed E-state index contributed by atoms with van der Waals surface area (Å²) in [7, 11) is 0. The van der Waals surface area contributed by atoms with Gasteiger partial charge in [0, 0.05) is 24.7 Å². The zero-order chi connectivity index (χ0) is 24.4. The first-order valence-corrected chi connectivity index (χ1v) is 10.4. The van der Waals surface area contributed by atoms with Gasteiger partial charge in [0.15, 0.2) is 5.76 Å². The fourth-order valence-corrected chi connectivity index (χ4v) is 4.53. The lowest BCUT2D eigenvalue weighted by Crippen LogP contribution is -2.43. The van der Waals surface area contributed by atoms with Crippen molar-refractivity contribution in [2.75, 3.05) is 13.1 Å². The van der Waals surface area contributed by atoms with Gasteiger partial charge in [-0.2, -0.15) is 13.2 Å². The second-order valence-corrected chi connectivity index (χ2v) is 9.48. The summed E-state index contributed by atoms with van der Waals surface area (Å²) < 4.78 is 93.4. The van der Waals surface area contributed by atoms with Crippen molar-refractivity contribution in [2.24, 2.45) is 5.41 Å². The van der Waals surface area contributed by atoms with Crippen LogP contribution in [0.5, 0.6) is 0 Å².